The van der Waals surface area contributed by atoms with Crippen molar-refractivity contribution in [1.82, 2.24) is 4.98 Å². The van der Waals surface area contributed by atoms with Crippen molar-refractivity contribution in [1.29, 1.82) is 0 Å². The summed E-state index contributed by atoms with van der Waals surface area (Å²) in [6.45, 7) is 0.600. The third-order valence-electron chi connectivity index (χ3n) is 3.81. The van der Waals surface area contributed by atoms with Crippen LogP contribution in [0, 0.1) is 5.82 Å². The van der Waals surface area contributed by atoms with Gasteiger partial charge >= 0.3 is 5.97 Å². The van der Waals surface area contributed by atoms with Crippen molar-refractivity contribution < 1.29 is 23.3 Å². The van der Waals surface area contributed by atoms with Gasteiger partial charge in [-0.3, -0.25) is 4.31 Å². The highest BCUT2D eigenvalue weighted by Crippen LogP contribution is 2.36. The van der Waals surface area contributed by atoms with E-state index in [0.29, 0.717) is 23.1 Å². The SMILES string of the molecule is O=C(O)c1ccc(SN(CCOc2ccc(F)cc2)c2ncc(Cl)cc2OCl)cc1. The van der Waals surface area contributed by atoms with Gasteiger partial charge < -0.3 is 14.1 Å². The molecule has 0 fully saturated rings. The molecule has 10 heteroatoms. The molecule has 6 nitrogen and oxygen atoms in total. The minimum absolute atomic E-state index is 0.181. The Hall–Kier alpha value is -2.68. The topological polar surface area (TPSA) is 71.9 Å². The highest BCUT2D eigenvalue weighted by Gasteiger charge is 2.18. The molecule has 0 bridgehead atoms. The average Bonchev–Trinajstić information content (AvgIpc) is 2.74. The van der Waals surface area contributed by atoms with E-state index in [1.165, 1.54) is 60.6 Å². The summed E-state index contributed by atoms with van der Waals surface area (Å²) in [6, 6.07) is 13.6. The molecular formula is C20H15Cl2FN2O4S. The van der Waals surface area contributed by atoms with Crippen LogP contribution in [-0.2, 0) is 0 Å². The van der Waals surface area contributed by atoms with Crippen LogP contribution in [0.5, 0.6) is 11.5 Å². The standard InChI is InChI=1S/C20H15Cl2FN2O4S/c21-14-11-18(29-22)19(24-12-14)25(9-10-28-16-5-3-15(23)4-6-16)30-17-7-1-13(2-8-17)20(26)27/h1-8,11-12H,9-10H2,(H,26,27). The van der Waals surface area contributed by atoms with Gasteiger partial charge in [-0.2, -0.15) is 0 Å². The summed E-state index contributed by atoms with van der Waals surface area (Å²) >= 11 is 12.8. The van der Waals surface area contributed by atoms with E-state index in [9.17, 15) is 9.18 Å². The van der Waals surface area contributed by atoms with E-state index in [4.69, 9.17) is 37.6 Å². The molecule has 0 aliphatic carbocycles. The number of carbonyl (C=O) groups is 1. The Morgan fingerprint density at radius 2 is 1.87 bits per heavy atom. The van der Waals surface area contributed by atoms with Crippen molar-refractivity contribution in [3.05, 3.63) is 77.2 Å². The van der Waals surface area contributed by atoms with Crippen LogP contribution in [0.3, 0.4) is 0 Å². The summed E-state index contributed by atoms with van der Waals surface area (Å²) in [6.07, 6.45) is 1.46. The number of pyridine rings is 1. The highest BCUT2D eigenvalue weighted by molar-refractivity contribution is 8.00. The summed E-state index contributed by atoms with van der Waals surface area (Å²) in [5, 5.41) is 9.41. The lowest BCUT2D eigenvalue weighted by atomic mass is 10.2. The molecule has 0 spiro atoms. The van der Waals surface area contributed by atoms with E-state index in [1.54, 1.807) is 16.4 Å². The first kappa shape index (κ1) is 22.0. The molecule has 0 saturated carbocycles. The number of rotatable bonds is 9. The zero-order valence-electron chi connectivity index (χ0n) is 15.3. The van der Waals surface area contributed by atoms with E-state index in [1.807, 2.05) is 0 Å². The van der Waals surface area contributed by atoms with Gasteiger partial charge in [0.15, 0.2) is 11.6 Å². The van der Waals surface area contributed by atoms with E-state index in [2.05, 4.69) is 4.98 Å². The second kappa shape index (κ2) is 10.4. The maximum Gasteiger partial charge on any atom is 0.335 e. The maximum atomic E-state index is 13.0. The molecule has 2 aromatic carbocycles. The van der Waals surface area contributed by atoms with Crippen molar-refractivity contribution in [3.63, 3.8) is 0 Å². The molecule has 1 heterocycles. The fourth-order valence-electron chi connectivity index (χ4n) is 2.42. The third-order valence-corrected chi connectivity index (χ3v) is 5.24. The molecule has 1 N–H and O–H groups in total. The van der Waals surface area contributed by atoms with Gasteiger partial charge in [0.25, 0.3) is 0 Å². The lowest BCUT2D eigenvalue weighted by Crippen LogP contribution is -2.23. The van der Waals surface area contributed by atoms with Gasteiger partial charge in [0.05, 0.1) is 17.1 Å². The van der Waals surface area contributed by atoms with Crippen LogP contribution < -0.4 is 13.3 Å². The minimum Gasteiger partial charge on any atom is -0.492 e. The number of aromatic nitrogens is 1. The Balaban J connectivity index is 1.78. The number of benzene rings is 2. The van der Waals surface area contributed by atoms with Crippen LogP contribution in [0.4, 0.5) is 10.2 Å². The van der Waals surface area contributed by atoms with Crippen molar-refractivity contribution in [2.45, 2.75) is 4.90 Å². The number of nitrogens with zero attached hydrogens (tertiary/aromatic N) is 2. The van der Waals surface area contributed by atoms with Crippen molar-refractivity contribution in [3.8, 4) is 11.5 Å². The monoisotopic (exact) mass is 468 g/mol. The van der Waals surface area contributed by atoms with E-state index >= 15 is 0 Å². The van der Waals surface area contributed by atoms with Crippen LogP contribution in [0.1, 0.15) is 10.4 Å². The summed E-state index contributed by atoms with van der Waals surface area (Å²) in [5.74, 6) is -0.179. The normalized spacial score (nSPS) is 10.5. The molecule has 0 saturated heterocycles. The largest absolute Gasteiger partial charge is 0.492 e. The quantitative estimate of drug-likeness (QED) is 0.403. The fourth-order valence-corrected chi connectivity index (χ4v) is 3.58. The number of hydrogen-bond donors (Lipinski definition) is 1. The number of carboxylic acid groups (broad SMARTS) is 1. The van der Waals surface area contributed by atoms with Gasteiger partial charge in [-0.1, -0.05) is 11.6 Å². The Bertz CT molecular complexity index is 1010. The van der Waals surface area contributed by atoms with Gasteiger partial charge in [0, 0.05) is 17.2 Å². The smallest absolute Gasteiger partial charge is 0.335 e. The maximum absolute atomic E-state index is 13.0. The second-order valence-electron chi connectivity index (χ2n) is 5.88. The zero-order chi connectivity index (χ0) is 21.5. The van der Waals surface area contributed by atoms with Crippen molar-refractivity contribution in [2.75, 3.05) is 17.5 Å². The molecular weight excluding hydrogens is 454 g/mol. The summed E-state index contributed by atoms with van der Waals surface area (Å²) in [5.41, 5.74) is 0.181. The van der Waals surface area contributed by atoms with Gasteiger partial charge in [-0.25, -0.2) is 14.2 Å². The Morgan fingerprint density at radius 3 is 2.50 bits per heavy atom. The van der Waals surface area contributed by atoms with Crippen molar-refractivity contribution in [2.24, 2.45) is 0 Å². The summed E-state index contributed by atoms with van der Waals surface area (Å²) in [4.78, 5) is 16.1. The predicted octanol–water partition coefficient (Wildman–Crippen LogP) is 5.70. The summed E-state index contributed by atoms with van der Waals surface area (Å²) in [7, 11) is 0. The van der Waals surface area contributed by atoms with E-state index in [-0.39, 0.29) is 23.7 Å². The molecule has 0 aliphatic heterocycles. The molecule has 0 aliphatic rings. The molecule has 0 atom stereocenters. The molecule has 0 amide bonds. The Morgan fingerprint density at radius 1 is 1.17 bits per heavy atom. The van der Waals surface area contributed by atoms with Gasteiger partial charge in [-0.15, -0.1) is 0 Å². The fraction of sp³-hybridized carbons (Fsp3) is 0.100. The van der Waals surface area contributed by atoms with Crippen LogP contribution >= 0.6 is 35.4 Å². The van der Waals surface area contributed by atoms with E-state index < -0.39 is 5.97 Å². The number of carboxylic acids is 1. The Kier molecular flexibility index (Phi) is 7.62. The Labute approximate surface area is 186 Å². The number of aromatic carboxylic acids is 1. The number of ether oxygens (including phenoxy) is 1. The van der Waals surface area contributed by atoms with Crippen LogP contribution in [0.15, 0.2) is 65.7 Å². The number of anilines is 1. The van der Waals surface area contributed by atoms with Gasteiger partial charge in [0.1, 0.15) is 30.0 Å². The van der Waals surface area contributed by atoms with Crippen LogP contribution in [0.2, 0.25) is 5.02 Å². The zero-order valence-corrected chi connectivity index (χ0v) is 17.6. The first-order valence-electron chi connectivity index (χ1n) is 8.57. The third kappa shape index (κ3) is 5.91. The van der Waals surface area contributed by atoms with Gasteiger partial charge in [0.2, 0.25) is 0 Å². The predicted molar refractivity (Wildman–Crippen MR) is 114 cm³/mol. The lowest BCUT2D eigenvalue weighted by molar-refractivity contribution is 0.0697. The lowest BCUT2D eigenvalue weighted by Gasteiger charge is -2.23. The molecule has 30 heavy (non-hydrogen) atoms. The molecule has 156 valence electrons. The highest BCUT2D eigenvalue weighted by atomic mass is 35.5. The second-order valence-corrected chi connectivity index (χ2v) is 7.56. The summed E-state index contributed by atoms with van der Waals surface area (Å²) < 4.78 is 25.4. The molecule has 1 aromatic heterocycles. The van der Waals surface area contributed by atoms with Crippen LogP contribution in [-0.4, -0.2) is 29.2 Å². The molecule has 0 unspecified atom stereocenters. The van der Waals surface area contributed by atoms with Gasteiger partial charge in [-0.05, 0) is 60.5 Å². The van der Waals surface area contributed by atoms with Crippen LogP contribution in [0.25, 0.3) is 0 Å². The molecule has 3 rings (SSSR count). The van der Waals surface area contributed by atoms with E-state index in [0.717, 1.165) is 4.90 Å². The minimum atomic E-state index is -1.01. The average molecular weight is 469 g/mol. The van der Waals surface area contributed by atoms with Crippen molar-refractivity contribution >= 4 is 47.2 Å². The first-order chi connectivity index (χ1) is 14.5. The first-order valence-corrected chi connectivity index (χ1v) is 10.0. The molecule has 3 aromatic rings. The molecule has 0 radical (unpaired) electrons. The number of hydrogen-bond acceptors (Lipinski definition) is 6. The number of halogens is 3.